The SMILES string of the molecule is CC(C)(C)CCOc1ncc(C(=O)C(C)(C)C)cc1Cl. The average Bonchev–Trinajstić information content (AvgIpc) is 2.27. The average molecular weight is 298 g/mol. The highest BCUT2D eigenvalue weighted by molar-refractivity contribution is 6.32. The van der Waals surface area contributed by atoms with Gasteiger partial charge in [-0.25, -0.2) is 4.98 Å². The van der Waals surface area contributed by atoms with Crippen molar-refractivity contribution in [1.29, 1.82) is 0 Å². The number of rotatable bonds is 4. The lowest BCUT2D eigenvalue weighted by Crippen LogP contribution is -2.20. The number of aromatic nitrogens is 1. The minimum absolute atomic E-state index is 0.0214. The first-order chi connectivity index (χ1) is 9.00. The zero-order chi connectivity index (χ0) is 15.6. The number of carbonyl (C=O) groups excluding carboxylic acids is 1. The molecule has 4 heteroatoms. The molecule has 0 aliphatic heterocycles. The van der Waals surface area contributed by atoms with E-state index in [1.54, 1.807) is 6.07 Å². The highest BCUT2D eigenvalue weighted by Crippen LogP contribution is 2.27. The molecule has 0 amide bonds. The van der Waals surface area contributed by atoms with Crippen LogP contribution in [-0.4, -0.2) is 17.4 Å². The van der Waals surface area contributed by atoms with E-state index in [1.807, 2.05) is 20.8 Å². The molecule has 0 bridgehead atoms. The van der Waals surface area contributed by atoms with Gasteiger partial charge in [0.05, 0.1) is 6.61 Å². The Bertz CT molecular complexity index is 484. The molecule has 1 aromatic heterocycles. The molecule has 1 rings (SSSR count). The lowest BCUT2D eigenvalue weighted by Gasteiger charge is -2.19. The van der Waals surface area contributed by atoms with Crippen LogP contribution in [-0.2, 0) is 0 Å². The number of nitrogens with zero attached hydrogens (tertiary/aromatic N) is 1. The minimum Gasteiger partial charge on any atom is -0.477 e. The number of ketones is 1. The van der Waals surface area contributed by atoms with Crippen LogP contribution < -0.4 is 4.74 Å². The van der Waals surface area contributed by atoms with Crippen LogP contribution in [0.4, 0.5) is 0 Å². The van der Waals surface area contributed by atoms with Crippen LogP contribution in [0, 0.1) is 10.8 Å². The van der Waals surface area contributed by atoms with Crippen molar-refractivity contribution < 1.29 is 9.53 Å². The number of ether oxygens (including phenoxy) is 1. The summed E-state index contributed by atoms with van der Waals surface area (Å²) in [6.07, 6.45) is 2.44. The Labute approximate surface area is 126 Å². The van der Waals surface area contributed by atoms with E-state index in [2.05, 4.69) is 25.8 Å². The van der Waals surface area contributed by atoms with Crippen molar-refractivity contribution in [3.05, 3.63) is 22.8 Å². The highest BCUT2D eigenvalue weighted by atomic mass is 35.5. The van der Waals surface area contributed by atoms with E-state index in [4.69, 9.17) is 16.3 Å². The Morgan fingerprint density at radius 1 is 1.25 bits per heavy atom. The quantitative estimate of drug-likeness (QED) is 0.751. The highest BCUT2D eigenvalue weighted by Gasteiger charge is 2.24. The maximum atomic E-state index is 12.1. The largest absolute Gasteiger partial charge is 0.477 e. The van der Waals surface area contributed by atoms with E-state index >= 15 is 0 Å². The Kier molecular flexibility index (Phi) is 5.20. The van der Waals surface area contributed by atoms with Crippen LogP contribution in [0.15, 0.2) is 12.3 Å². The number of hydrogen-bond acceptors (Lipinski definition) is 3. The summed E-state index contributed by atoms with van der Waals surface area (Å²) in [5.41, 5.74) is 0.277. The van der Waals surface area contributed by atoms with Crippen molar-refractivity contribution in [2.45, 2.75) is 48.0 Å². The van der Waals surface area contributed by atoms with Gasteiger partial charge in [-0.3, -0.25) is 4.79 Å². The van der Waals surface area contributed by atoms with Crippen LogP contribution >= 0.6 is 11.6 Å². The lowest BCUT2D eigenvalue weighted by atomic mass is 9.87. The topological polar surface area (TPSA) is 39.2 Å². The summed E-state index contributed by atoms with van der Waals surface area (Å²) in [5, 5.41) is 0.383. The third-order valence-electron chi connectivity index (χ3n) is 2.84. The predicted octanol–water partition coefficient (Wildman–Crippen LogP) is 4.78. The summed E-state index contributed by atoms with van der Waals surface area (Å²) in [6.45, 7) is 12.6. The fourth-order valence-electron chi connectivity index (χ4n) is 1.54. The molecule has 0 radical (unpaired) electrons. The minimum atomic E-state index is -0.445. The van der Waals surface area contributed by atoms with Gasteiger partial charge in [-0.2, -0.15) is 0 Å². The molecule has 0 fully saturated rings. The van der Waals surface area contributed by atoms with Gasteiger partial charge in [0.2, 0.25) is 5.88 Å². The standard InChI is InChI=1S/C16H24ClNO2/c1-15(2,3)7-8-20-14-12(17)9-11(10-18-14)13(19)16(4,5)6/h9-10H,7-8H2,1-6H3. The van der Waals surface area contributed by atoms with Crippen LogP contribution in [0.5, 0.6) is 5.88 Å². The van der Waals surface area contributed by atoms with Crippen LogP contribution in [0.3, 0.4) is 0 Å². The molecule has 0 aromatic carbocycles. The Balaban J connectivity index is 2.77. The van der Waals surface area contributed by atoms with E-state index in [9.17, 15) is 4.79 Å². The van der Waals surface area contributed by atoms with Crippen molar-refractivity contribution >= 4 is 17.4 Å². The van der Waals surface area contributed by atoms with Gasteiger partial charge in [0.1, 0.15) is 5.02 Å². The molecular weight excluding hydrogens is 274 g/mol. The summed E-state index contributed by atoms with van der Waals surface area (Å²) in [7, 11) is 0. The third kappa shape index (κ3) is 5.12. The van der Waals surface area contributed by atoms with Gasteiger partial charge in [0, 0.05) is 17.2 Å². The molecule has 112 valence electrons. The summed E-state index contributed by atoms with van der Waals surface area (Å²) in [5.74, 6) is 0.412. The van der Waals surface area contributed by atoms with Gasteiger partial charge in [-0.1, -0.05) is 53.1 Å². The number of halogens is 1. The number of carbonyl (C=O) groups is 1. The maximum Gasteiger partial charge on any atom is 0.232 e. The van der Waals surface area contributed by atoms with Gasteiger partial charge in [-0.05, 0) is 17.9 Å². The fraction of sp³-hybridized carbons (Fsp3) is 0.625. The normalized spacial score (nSPS) is 12.3. The van der Waals surface area contributed by atoms with E-state index < -0.39 is 5.41 Å². The second-order valence-corrected chi connectivity index (χ2v) is 7.66. The molecule has 0 N–H and O–H groups in total. The molecular formula is C16H24ClNO2. The van der Waals surface area contributed by atoms with Crippen LogP contribution in [0.25, 0.3) is 0 Å². The molecule has 0 atom stereocenters. The molecule has 0 unspecified atom stereocenters. The summed E-state index contributed by atoms with van der Waals surface area (Å²) >= 11 is 6.13. The molecule has 0 saturated carbocycles. The van der Waals surface area contributed by atoms with E-state index in [-0.39, 0.29) is 11.2 Å². The first kappa shape index (κ1) is 17.0. The zero-order valence-corrected chi connectivity index (χ0v) is 14.0. The Hall–Kier alpha value is -1.09. The first-order valence-electron chi connectivity index (χ1n) is 6.84. The summed E-state index contributed by atoms with van der Waals surface area (Å²) in [6, 6.07) is 1.63. The third-order valence-corrected chi connectivity index (χ3v) is 3.11. The predicted molar refractivity (Wildman–Crippen MR) is 82.6 cm³/mol. The summed E-state index contributed by atoms with van der Waals surface area (Å²) < 4.78 is 5.58. The van der Waals surface area contributed by atoms with Gasteiger partial charge in [0.15, 0.2) is 5.78 Å². The fourth-order valence-corrected chi connectivity index (χ4v) is 1.76. The van der Waals surface area contributed by atoms with Gasteiger partial charge in [0.25, 0.3) is 0 Å². The molecule has 3 nitrogen and oxygen atoms in total. The monoisotopic (exact) mass is 297 g/mol. The second kappa shape index (κ2) is 6.13. The van der Waals surface area contributed by atoms with E-state index in [0.717, 1.165) is 6.42 Å². The van der Waals surface area contributed by atoms with Gasteiger partial charge in [-0.15, -0.1) is 0 Å². The molecule has 20 heavy (non-hydrogen) atoms. The van der Waals surface area contributed by atoms with Crippen molar-refractivity contribution in [2.75, 3.05) is 6.61 Å². The van der Waals surface area contributed by atoms with E-state index in [1.165, 1.54) is 6.20 Å². The van der Waals surface area contributed by atoms with Crippen LogP contribution in [0.1, 0.15) is 58.3 Å². The van der Waals surface area contributed by atoms with Gasteiger partial charge < -0.3 is 4.74 Å². The molecule has 0 aliphatic carbocycles. The summed E-state index contributed by atoms with van der Waals surface area (Å²) in [4.78, 5) is 16.3. The number of hydrogen-bond donors (Lipinski definition) is 0. The van der Waals surface area contributed by atoms with Crippen LogP contribution in [0.2, 0.25) is 5.02 Å². The van der Waals surface area contributed by atoms with Crippen molar-refractivity contribution in [3.63, 3.8) is 0 Å². The van der Waals surface area contributed by atoms with E-state index in [0.29, 0.717) is 23.1 Å². The Morgan fingerprint density at radius 3 is 2.30 bits per heavy atom. The lowest BCUT2D eigenvalue weighted by molar-refractivity contribution is 0.0858. The molecule has 1 heterocycles. The van der Waals surface area contributed by atoms with Crippen molar-refractivity contribution in [2.24, 2.45) is 10.8 Å². The zero-order valence-electron chi connectivity index (χ0n) is 13.2. The smallest absolute Gasteiger partial charge is 0.232 e. The Morgan fingerprint density at radius 2 is 1.85 bits per heavy atom. The number of Topliss-reactive ketones (excluding diaryl/α,β-unsaturated/α-hetero) is 1. The molecule has 0 aliphatic rings. The molecule has 0 spiro atoms. The second-order valence-electron chi connectivity index (χ2n) is 7.25. The molecule has 0 saturated heterocycles. The van der Waals surface area contributed by atoms with Crippen molar-refractivity contribution in [3.8, 4) is 5.88 Å². The first-order valence-corrected chi connectivity index (χ1v) is 7.22. The van der Waals surface area contributed by atoms with Crippen molar-refractivity contribution in [1.82, 2.24) is 4.98 Å². The molecule has 1 aromatic rings. The van der Waals surface area contributed by atoms with Gasteiger partial charge >= 0.3 is 0 Å². The maximum absolute atomic E-state index is 12.1. The number of pyridine rings is 1.